The van der Waals surface area contributed by atoms with E-state index in [1.807, 2.05) is 31.2 Å². The molecular formula is C29H38N4O5. The molecule has 2 N–H and O–H groups in total. The van der Waals surface area contributed by atoms with E-state index in [1.165, 1.54) is 0 Å². The van der Waals surface area contributed by atoms with E-state index in [9.17, 15) is 14.7 Å². The van der Waals surface area contributed by atoms with Crippen LogP contribution in [0.3, 0.4) is 0 Å². The number of nitrogens with one attached hydrogen (secondary N) is 1. The fraction of sp³-hybridized carbons (Fsp3) is 0.586. The average Bonchev–Trinajstić information content (AvgIpc) is 2.94. The number of nitrogens with zero attached hydrogens (tertiary/aromatic N) is 3. The molecule has 9 heteroatoms. The van der Waals surface area contributed by atoms with Gasteiger partial charge in [-0.1, -0.05) is 12.1 Å². The molecule has 4 aliphatic rings. The van der Waals surface area contributed by atoms with Crippen LogP contribution in [0, 0.1) is 10.8 Å². The summed E-state index contributed by atoms with van der Waals surface area (Å²) in [6, 6.07) is 9.45. The third kappa shape index (κ3) is 5.71. The summed E-state index contributed by atoms with van der Waals surface area (Å²) in [4.78, 5) is 35.7. The Bertz CT molecular complexity index is 1130. The second-order valence-corrected chi connectivity index (χ2v) is 11.1. The second-order valence-electron chi connectivity index (χ2n) is 11.1. The van der Waals surface area contributed by atoms with Crippen molar-refractivity contribution in [3.05, 3.63) is 36.5 Å². The smallest absolute Gasteiger partial charge is 0.309 e. The highest BCUT2D eigenvalue weighted by atomic mass is 16.5. The molecule has 204 valence electrons. The van der Waals surface area contributed by atoms with Crippen LogP contribution in [0.1, 0.15) is 71.1 Å². The van der Waals surface area contributed by atoms with Gasteiger partial charge in [-0.3, -0.25) is 9.59 Å². The van der Waals surface area contributed by atoms with E-state index in [-0.39, 0.29) is 17.4 Å². The van der Waals surface area contributed by atoms with Gasteiger partial charge in [-0.15, -0.1) is 0 Å². The Hall–Kier alpha value is -3.36. The highest BCUT2D eigenvalue weighted by Gasteiger charge is 2.52. The number of amides is 1. The third-order valence-corrected chi connectivity index (χ3v) is 8.75. The number of benzene rings is 1. The standard InChI is InChI=1S/C29H38N4O5/c1-2-37-22-7-3-4-8-23(22)38-21-6-5-19-33(20-21)27-30-18-10-24(32-27)31-25(34)9-11-28-12-15-29(16-13-28,17-14-28)26(35)36/h3-4,7-8,10,18,21H,2,5-6,9,11-17,19-20H2,1H3,(H,35,36)(H,30,31,32,34)/t21-,28?,29?/m1/s1. The first kappa shape index (κ1) is 26.3. The van der Waals surface area contributed by atoms with Gasteiger partial charge >= 0.3 is 5.97 Å². The van der Waals surface area contributed by atoms with E-state index in [0.29, 0.717) is 31.3 Å². The fourth-order valence-electron chi connectivity index (χ4n) is 6.33. The number of carboxylic acids is 1. The van der Waals surface area contributed by atoms with Gasteiger partial charge in [0.15, 0.2) is 11.5 Å². The van der Waals surface area contributed by atoms with E-state index in [1.54, 1.807) is 12.3 Å². The molecule has 0 spiro atoms. The summed E-state index contributed by atoms with van der Waals surface area (Å²) in [6.07, 6.45) is 9.66. The number of para-hydroxylation sites is 2. The van der Waals surface area contributed by atoms with Gasteiger partial charge < -0.3 is 24.8 Å². The lowest BCUT2D eigenvalue weighted by Crippen LogP contribution is -2.46. The number of anilines is 2. The summed E-state index contributed by atoms with van der Waals surface area (Å²) in [5.41, 5.74) is -0.415. The van der Waals surface area contributed by atoms with E-state index in [4.69, 9.17) is 9.47 Å². The first-order chi connectivity index (χ1) is 18.4. The molecule has 1 saturated heterocycles. The molecule has 2 bridgehead atoms. The summed E-state index contributed by atoms with van der Waals surface area (Å²) in [5.74, 6) is 1.86. The van der Waals surface area contributed by atoms with Crippen LogP contribution in [-0.2, 0) is 9.59 Å². The number of hydrogen-bond acceptors (Lipinski definition) is 7. The molecule has 3 saturated carbocycles. The van der Waals surface area contributed by atoms with Crippen molar-refractivity contribution >= 4 is 23.6 Å². The van der Waals surface area contributed by atoms with Gasteiger partial charge in [0.1, 0.15) is 11.9 Å². The second kappa shape index (κ2) is 11.2. The number of ether oxygens (including phenoxy) is 2. The molecular weight excluding hydrogens is 484 g/mol. The largest absolute Gasteiger partial charge is 0.490 e. The van der Waals surface area contributed by atoms with Crippen molar-refractivity contribution in [1.82, 2.24) is 9.97 Å². The normalized spacial score (nSPS) is 26.6. The SMILES string of the molecule is CCOc1ccccc1O[C@@H]1CCCN(c2nccc(NC(=O)CCC34CCC(C(=O)O)(CC3)CC4)n2)C1. The van der Waals surface area contributed by atoms with Crippen molar-refractivity contribution in [3.8, 4) is 11.5 Å². The molecule has 9 nitrogen and oxygen atoms in total. The minimum atomic E-state index is -0.648. The molecule has 2 heterocycles. The van der Waals surface area contributed by atoms with Crippen LogP contribution in [0.25, 0.3) is 0 Å². The van der Waals surface area contributed by atoms with Crippen molar-refractivity contribution in [2.75, 3.05) is 29.9 Å². The zero-order valence-corrected chi connectivity index (χ0v) is 22.2. The highest BCUT2D eigenvalue weighted by Crippen LogP contribution is 2.58. The highest BCUT2D eigenvalue weighted by molar-refractivity contribution is 5.89. The lowest BCUT2D eigenvalue weighted by atomic mass is 9.52. The quantitative estimate of drug-likeness (QED) is 0.445. The van der Waals surface area contributed by atoms with E-state index >= 15 is 0 Å². The van der Waals surface area contributed by atoms with Crippen molar-refractivity contribution in [3.63, 3.8) is 0 Å². The number of carbonyl (C=O) groups excluding carboxylic acids is 1. The molecule has 1 atom stereocenters. The molecule has 38 heavy (non-hydrogen) atoms. The Kier molecular flexibility index (Phi) is 7.72. The maximum atomic E-state index is 12.8. The van der Waals surface area contributed by atoms with Crippen LogP contribution in [0.2, 0.25) is 0 Å². The van der Waals surface area contributed by atoms with Gasteiger partial charge in [-0.25, -0.2) is 4.98 Å². The van der Waals surface area contributed by atoms with Crippen LogP contribution in [-0.4, -0.2) is 52.8 Å². The van der Waals surface area contributed by atoms with Gasteiger partial charge in [-0.05, 0) is 88.3 Å². The molecule has 4 fully saturated rings. The lowest BCUT2D eigenvalue weighted by Gasteiger charge is -2.51. The molecule has 1 aromatic carbocycles. The summed E-state index contributed by atoms with van der Waals surface area (Å²) >= 11 is 0. The van der Waals surface area contributed by atoms with Gasteiger partial charge in [-0.2, -0.15) is 4.98 Å². The van der Waals surface area contributed by atoms with Gasteiger partial charge in [0.05, 0.1) is 18.6 Å². The first-order valence-corrected chi connectivity index (χ1v) is 13.9. The predicted octanol–water partition coefficient (Wildman–Crippen LogP) is 5.07. The Balaban J connectivity index is 1.15. The minimum absolute atomic E-state index is 0.0164. The molecule has 1 aromatic heterocycles. The molecule has 3 aliphatic carbocycles. The Morgan fingerprint density at radius 1 is 1.11 bits per heavy atom. The Labute approximate surface area is 223 Å². The average molecular weight is 523 g/mol. The van der Waals surface area contributed by atoms with Crippen LogP contribution >= 0.6 is 0 Å². The maximum Gasteiger partial charge on any atom is 0.309 e. The van der Waals surface area contributed by atoms with E-state index in [0.717, 1.165) is 75.8 Å². The third-order valence-electron chi connectivity index (χ3n) is 8.75. The zero-order valence-electron chi connectivity index (χ0n) is 22.2. The Morgan fingerprint density at radius 2 is 1.84 bits per heavy atom. The first-order valence-electron chi connectivity index (χ1n) is 13.9. The number of carbonyl (C=O) groups is 2. The molecule has 1 aliphatic heterocycles. The number of piperidine rings is 1. The number of fused-ring (bicyclic) bond motifs is 3. The fourth-order valence-corrected chi connectivity index (χ4v) is 6.33. The molecule has 1 amide bonds. The van der Waals surface area contributed by atoms with Crippen molar-refractivity contribution in [2.45, 2.75) is 77.2 Å². The van der Waals surface area contributed by atoms with E-state index in [2.05, 4.69) is 20.2 Å². The van der Waals surface area contributed by atoms with Crippen molar-refractivity contribution < 1.29 is 24.2 Å². The summed E-state index contributed by atoms with van der Waals surface area (Å²) in [6.45, 7) is 4.01. The Morgan fingerprint density at radius 3 is 2.55 bits per heavy atom. The van der Waals surface area contributed by atoms with Crippen LogP contribution in [0.4, 0.5) is 11.8 Å². The monoisotopic (exact) mass is 522 g/mol. The minimum Gasteiger partial charge on any atom is -0.490 e. The van der Waals surface area contributed by atoms with E-state index < -0.39 is 11.4 Å². The lowest BCUT2D eigenvalue weighted by molar-refractivity contribution is -0.159. The topological polar surface area (TPSA) is 114 Å². The number of rotatable bonds is 10. The predicted molar refractivity (Wildman–Crippen MR) is 144 cm³/mol. The van der Waals surface area contributed by atoms with Gasteiger partial charge in [0.25, 0.3) is 0 Å². The number of hydrogen-bond donors (Lipinski definition) is 2. The van der Waals surface area contributed by atoms with Gasteiger partial charge in [0.2, 0.25) is 11.9 Å². The van der Waals surface area contributed by atoms with Crippen LogP contribution in [0.15, 0.2) is 36.5 Å². The number of carboxylic acid groups (broad SMARTS) is 1. The van der Waals surface area contributed by atoms with Crippen LogP contribution in [0.5, 0.6) is 11.5 Å². The van der Waals surface area contributed by atoms with Crippen molar-refractivity contribution in [2.24, 2.45) is 10.8 Å². The molecule has 0 radical (unpaired) electrons. The van der Waals surface area contributed by atoms with Crippen LogP contribution < -0.4 is 19.7 Å². The van der Waals surface area contributed by atoms with Crippen molar-refractivity contribution in [1.29, 1.82) is 0 Å². The molecule has 0 unspecified atom stereocenters. The summed E-state index contributed by atoms with van der Waals surface area (Å²) in [5, 5.41) is 12.6. The zero-order chi connectivity index (χ0) is 26.6. The number of aromatic nitrogens is 2. The summed E-state index contributed by atoms with van der Waals surface area (Å²) in [7, 11) is 0. The molecule has 6 rings (SSSR count). The van der Waals surface area contributed by atoms with Gasteiger partial charge in [0, 0.05) is 19.2 Å². The molecule has 2 aromatic rings. The number of aliphatic carboxylic acids is 1. The maximum absolute atomic E-state index is 12.8. The summed E-state index contributed by atoms with van der Waals surface area (Å²) < 4.78 is 12.0.